The fraction of sp³-hybridized carbons (Fsp3) is 0.900. The van der Waals surface area contributed by atoms with Crippen LogP contribution in [0, 0.1) is 11.8 Å². The Morgan fingerprint density at radius 3 is 3.07 bits per heavy atom. The van der Waals surface area contributed by atoms with Gasteiger partial charge in [-0.1, -0.05) is 13.8 Å². The third-order valence-corrected chi connectivity index (χ3v) is 2.37. The van der Waals surface area contributed by atoms with Gasteiger partial charge in [0.15, 0.2) is 0 Å². The molecule has 4 heteroatoms. The molecule has 1 rings (SSSR count). The average molecular weight is 200 g/mol. The van der Waals surface area contributed by atoms with Crippen molar-refractivity contribution in [3.63, 3.8) is 0 Å². The van der Waals surface area contributed by atoms with E-state index in [2.05, 4.69) is 19.2 Å². The van der Waals surface area contributed by atoms with E-state index in [4.69, 9.17) is 4.74 Å². The molecule has 1 N–H and O–H groups in total. The molecule has 4 nitrogen and oxygen atoms in total. The van der Waals surface area contributed by atoms with E-state index in [1.165, 1.54) is 0 Å². The number of nitrogens with zero attached hydrogens (tertiary/aromatic N) is 1. The zero-order chi connectivity index (χ0) is 10.6. The Labute approximate surface area is 85.6 Å². The molecule has 0 spiro atoms. The second kappa shape index (κ2) is 5.20. The SMILES string of the molecule is CNCC(C)CN1CC(C)COC1=O. The Morgan fingerprint density at radius 2 is 2.43 bits per heavy atom. The largest absolute Gasteiger partial charge is 0.449 e. The van der Waals surface area contributed by atoms with Crippen LogP contribution in [0.15, 0.2) is 0 Å². The second-order valence-corrected chi connectivity index (χ2v) is 4.25. The normalized spacial score (nSPS) is 24.6. The number of carbonyl (C=O) groups is 1. The van der Waals surface area contributed by atoms with Crippen LogP contribution < -0.4 is 5.32 Å². The summed E-state index contributed by atoms with van der Waals surface area (Å²) >= 11 is 0. The van der Waals surface area contributed by atoms with Gasteiger partial charge in [-0.2, -0.15) is 0 Å². The van der Waals surface area contributed by atoms with Gasteiger partial charge in [0.2, 0.25) is 0 Å². The number of nitrogens with one attached hydrogen (secondary N) is 1. The molecule has 82 valence electrons. The predicted octanol–water partition coefficient (Wildman–Crippen LogP) is 0.930. The minimum absolute atomic E-state index is 0.161. The second-order valence-electron chi connectivity index (χ2n) is 4.25. The lowest BCUT2D eigenvalue weighted by molar-refractivity contribution is 0.0430. The van der Waals surface area contributed by atoms with E-state index in [-0.39, 0.29) is 6.09 Å². The topological polar surface area (TPSA) is 41.6 Å². The van der Waals surface area contributed by atoms with Crippen LogP contribution in [0.2, 0.25) is 0 Å². The van der Waals surface area contributed by atoms with Gasteiger partial charge in [0.25, 0.3) is 0 Å². The van der Waals surface area contributed by atoms with Gasteiger partial charge < -0.3 is 15.0 Å². The molecule has 2 atom stereocenters. The number of cyclic esters (lactones) is 1. The summed E-state index contributed by atoms with van der Waals surface area (Å²) in [7, 11) is 1.92. The Kier molecular flexibility index (Phi) is 4.20. The predicted molar refractivity (Wildman–Crippen MR) is 55.2 cm³/mol. The van der Waals surface area contributed by atoms with Crippen molar-refractivity contribution < 1.29 is 9.53 Å². The summed E-state index contributed by atoms with van der Waals surface area (Å²) in [6, 6.07) is 0. The van der Waals surface area contributed by atoms with Crippen molar-refractivity contribution in [2.75, 3.05) is 33.3 Å². The van der Waals surface area contributed by atoms with Crippen molar-refractivity contribution >= 4 is 6.09 Å². The van der Waals surface area contributed by atoms with Gasteiger partial charge >= 0.3 is 6.09 Å². The van der Waals surface area contributed by atoms with E-state index in [1.54, 1.807) is 4.90 Å². The maximum atomic E-state index is 11.4. The molecule has 0 aromatic rings. The van der Waals surface area contributed by atoms with Gasteiger partial charge in [0, 0.05) is 19.0 Å². The van der Waals surface area contributed by atoms with E-state index in [0.29, 0.717) is 18.4 Å². The van der Waals surface area contributed by atoms with Gasteiger partial charge in [-0.15, -0.1) is 0 Å². The number of hydrogen-bond acceptors (Lipinski definition) is 3. The van der Waals surface area contributed by atoms with Crippen molar-refractivity contribution in [3.05, 3.63) is 0 Å². The summed E-state index contributed by atoms with van der Waals surface area (Å²) < 4.78 is 5.05. The van der Waals surface area contributed by atoms with Crippen LogP contribution in [0.3, 0.4) is 0 Å². The van der Waals surface area contributed by atoms with Gasteiger partial charge in [-0.25, -0.2) is 4.79 Å². The summed E-state index contributed by atoms with van der Waals surface area (Å²) in [5, 5.41) is 3.10. The Hall–Kier alpha value is -0.770. The number of hydrogen-bond donors (Lipinski definition) is 1. The first kappa shape index (κ1) is 11.3. The van der Waals surface area contributed by atoms with E-state index in [9.17, 15) is 4.79 Å². The third kappa shape index (κ3) is 3.18. The van der Waals surface area contributed by atoms with Crippen molar-refractivity contribution in [1.82, 2.24) is 10.2 Å². The summed E-state index contributed by atoms with van der Waals surface area (Å²) in [5.41, 5.74) is 0. The Balaban J connectivity index is 2.37. The smallest absolute Gasteiger partial charge is 0.409 e. The van der Waals surface area contributed by atoms with Crippen LogP contribution in [0.25, 0.3) is 0 Å². The number of amides is 1. The summed E-state index contributed by atoms with van der Waals surface area (Å²) in [4.78, 5) is 13.2. The summed E-state index contributed by atoms with van der Waals surface area (Å²) in [6.45, 7) is 7.33. The summed E-state index contributed by atoms with van der Waals surface area (Å²) in [6.07, 6.45) is -0.161. The van der Waals surface area contributed by atoms with Crippen molar-refractivity contribution in [3.8, 4) is 0 Å². The molecule has 1 fully saturated rings. The highest BCUT2D eigenvalue weighted by Gasteiger charge is 2.25. The van der Waals surface area contributed by atoms with Gasteiger partial charge in [-0.05, 0) is 19.5 Å². The Morgan fingerprint density at radius 1 is 1.71 bits per heavy atom. The molecule has 1 saturated heterocycles. The van der Waals surface area contributed by atoms with E-state index in [0.717, 1.165) is 19.6 Å². The molecule has 0 radical (unpaired) electrons. The molecule has 1 aliphatic heterocycles. The first-order valence-electron chi connectivity index (χ1n) is 5.19. The molecule has 0 bridgehead atoms. The van der Waals surface area contributed by atoms with Gasteiger partial charge in [0.05, 0.1) is 6.61 Å². The van der Waals surface area contributed by atoms with Crippen LogP contribution in [0.4, 0.5) is 4.79 Å². The van der Waals surface area contributed by atoms with E-state index in [1.807, 2.05) is 7.05 Å². The zero-order valence-corrected chi connectivity index (χ0v) is 9.25. The Bertz CT molecular complexity index is 197. The third-order valence-electron chi connectivity index (χ3n) is 2.37. The highest BCUT2D eigenvalue weighted by molar-refractivity contribution is 5.68. The van der Waals surface area contributed by atoms with Crippen molar-refractivity contribution in [2.24, 2.45) is 11.8 Å². The fourth-order valence-electron chi connectivity index (χ4n) is 1.75. The van der Waals surface area contributed by atoms with E-state index >= 15 is 0 Å². The van der Waals surface area contributed by atoms with Crippen molar-refractivity contribution in [1.29, 1.82) is 0 Å². The number of ether oxygens (including phenoxy) is 1. The summed E-state index contributed by atoms with van der Waals surface area (Å²) in [5.74, 6) is 0.923. The minimum Gasteiger partial charge on any atom is -0.449 e. The standard InChI is InChI=1S/C10H20N2O2/c1-8(4-11-3)5-12-6-9(2)7-14-10(12)13/h8-9,11H,4-7H2,1-3H3. The van der Waals surface area contributed by atoms with Crippen LogP contribution in [-0.2, 0) is 4.74 Å². The highest BCUT2D eigenvalue weighted by Crippen LogP contribution is 2.12. The lowest BCUT2D eigenvalue weighted by Crippen LogP contribution is -2.45. The molecule has 14 heavy (non-hydrogen) atoms. The molecule has 1 aliphatic rings. The molecule has 2 unspecified atom stereocenters. The molecule has 1 amide bonds. The zero-order valence-electron chi connectivity index (χ0n) is 9.25. The van der Waals surface area contributed by atoms with Crippen LogP contribution in [0.5, 0.6) is 0 Å². The minimum atomic E-state index is -0.161. The average Bonchev–Trinajstić information content (AvgIpc) is 2.12. The molecule has 1 heterocycles. The maximum absolute atomic E-state index is 11.4. The first-order chi connectivity index (χ1) is 6.63. The fourth-order valence-corrected chi connectivity index (χ4v) is 1.75. The van der Waals surface area contributed by atoms with Gasteiger partial charge in [-0.3, -0.25) is 0 Å². The lowest BCUT2D eigenvalue weighted by atomic mass is 10.1. The number of rotatable bonds is 4. The highest BCUT2D eigenvalue weighted by atomic mass is 16.6. The number of carbonyl (C=O) groups excluding carboxylic acids is 1. The van der Waals surface area contributed by atoms with E-state index < -0.39 is 0 Å². The van der Waals surface area contributed by atoms with Crippen molar-refractivity contribution in [2.45, 2.75) is 13.8 Å². The van der Waals surface area contributed by atoms with Crippen LogP contribution in [0.1, 0.15) is 13.8 Å². The monoisotopic (exact) mass is 200 g/mol. The molecule has 0 aromatic carbocycles. The maximum Gasteiger partial charge on any atom is 0.409 e. The molecule has 0 aliphatic carbocycles. The molecular formula is C10H20N2O2. The van der Waals surface area contributed by atoms with Crippen LogP contribution >= 0.6 is 0 Å². The molecule has 0 aromatic heterocycles. The first-order valence-corrected chi connectivity index (χ1v) is 5.19. The molecule has 0 saturated carbocycles. The molecular weight excluding hydrogens is 180 g/mol. The lowest BCUT2D eigenvalue weighted by Gasteiger charge is -2.32. The van der Waals surface area contributed by atoms with Gasteiger partial charge in [0.1, 0.15) is 0 Å². The van der Waals surface area contributed by atoms with Crippen LogP contribution in [-0.4, -0.2) is 44.3 Å². The quantitative estimate of drug-likeness (QED) is 0.734.